The minimum atomic E-state index is -0.688. The molecule has 0 bridgehead atoms. The highest BCUT2D eigenvalue weighted by atomic mass is 16.6. The molecule has 0 unspecified atom stereocenters. The molecular weight excluding hydrogens is 236 g/mol. The van der Waals surface area contributed by atoms with Crippen molar-refractivity contribution in [2.45, 2.75) is 0 Å². The lowest BCUT2D eigenvalue weighted by Crippen LogP contribution is -1.99. The fourth-order valence-electron chi connectivity index (χ4n) is 1.58. The van der Waals surface area contributed by atoms with Crippen LogP contribution < -0.4 is 0 Å². The van der Waals surface area contributed by atoms with E-state index in [0.29, 0.717) is 5.69 Å². The smallest absolute Gasteiger partial charge is 0.390 e. The van der Waals surface area contributed by atoms with Crippen molar-refractivity contribution >= 4 is 16.9 Å². The van der Waals surface area contributed by atoms with E-state index in [1.54, 1.807) is 24.4 Å². The summed E-state index contributed by atoms with van der Waals surface area (Å²) in [7, 11) is 0. The molecule has 0 atom stereocenters. The Morgan fingerprint density at radius 3 is 2.94 bits per heavy atom. The van der Waals surface area contributed by atoms with Gasteiger partial charge >= 0.3 is 5.95 Å². The average Bonchev–Trinajstić information content (AvgIpc) is 2.88. The van der Waals surface area contributed by atoms with E-state index in [4.69, 9.17) is 0 Å². The third kappa shape index (κ3) is 1.65. The maximum atomic E-state index is 10.5. The Balaban J connectivity index is 2.10. The van der Waals surface area contributed by atoms with Crippen molar-refractivity contribution in [1.82, 2.24) is 25.2 Å². The van der Waals surface area contributed by atoms with Gasteiger partial charge in [0.05, 0.1) is 20.9 Å². The molecule has 0 aliphatic carbocycles. The van der Waals surface area contributed by atoms with Crippen LogP contribution in [0.25, 0.3) is 16.6 Å². The summed E-state index contributed by atoms with van der Waals surface area (Å²) in [6.07, 6.45) is 1.70. The highest BCUT2D eigenvalue weighted by Gasteiger charge is 2.16. The van der Waals surface area contributed by atoms with E-state index in [-0.39, 0.29) is 0 Å². The molecule has 0 aliphatic rings. The topological polar surface area (TPSA) is 99.6 Å². The van der Waals surface area contributed by atoms with Crippen LogP contribution in [0.1, 0.15) is 0 Å². The Morgan fingerprint density at radius 1 is 1.28 bits per heavy atom. The number of hydrogen-bond donors (Lipinski definition) is 0. The number of hydrogen-bond acceptors (Lipinski definition) is 6. The lowest BCUT2D eigenvalue weighted by atomic mass is 10.2. The Hall–Kier alpha value is -2.90. The van der Waals surface area contributed by atoms with Crippen molar-refractivity contribution in [1.29, 1.82) is 0 Å². The predicted octanol–water partition coefficient (Wildman–Crippen LogP) is 1.12. The fraction of sp³-hybridized carbons (Fsp3) is 0. The number of rotatable bonds is 2. The van der Waals surface area contributed by atoms with E-state index in [1.165, 1.54) is 0 Å². The lowest BCUT2D eigenvalue weighted by Gasteiger charge is -1.98. The molecule has 0 radical (unpaired) electrons. The van der Waals surface area contributed by atoms with Crippen molar-refractivity contribution < 1.29 is 4.92 Å². The molecule has 0 N–H and O–H groups in total. The van der Waals surface area contributed by atoms with Crippen molar-refractivity contribution in [2.75, 3.05) is 0 Å². The fourth-order valence-corrected chi connectivity index (χ4v) is 1.58. The molecule has 3 aromatic rings. The summed E-state index contributed by atoms with van der Waals surface area (Å²) in [5.41, 5.74) is 1.42. The Bertz CT molecular complexity index is 738. The third-order valence-corrected chi connectivity index (χ3v) is 2.38. The summed E-state index contributed by atoms with van der Waals surface area (Å²) in [6.45, 7) is 0. The second-order valence-electron chi connectivity index (χ2n) is 3.52. The van der Waals surface area contributed by atoms with Crippen LogP contribution in [0.2, 0.25) is 0 Å². The molecular formula is C10H6N6O2. The number of fused-ring (bicyclic) bond motifs is 1. The third-order valence-electron chi connectivity index (χ3n) is 2.38. The van der Waals surface area contributed by atoms with E-state index in [9.17, 15) is 10.1 Å². The summed E-state index contributed by atoms with van der Waals surface area (Å²) in [5.74, 6) is -0.527. The predicted molar refractivity (Wildman–Crippen MR) is 61.1 cm³/mol. The van der Waals surface area contributed by atoms with Crippen LogP contribution in [0.4, 0.5) is 5.95 Å². The average molecular weight is 242 g/mol. The first kappa shape index (κ1) is 10.3. The van der Waals surface area contributed by atoms with Gasteiger partial charge in [0.2, 0.25) is 0 Å². The molecule has 18 heavy (non-hydrogen) atoms. The maximum absolute atomic E-state index is 10.5. The zero-order valence-electron chi connectivity index (χ0n) is 8.96. The van der Waals surface area contributed by atoms with Gasteiger partial charge in [0.15, 0.2) is 0 Å². The summed E-state index contributed by atoms with van der Waals surface area (Å²) in [6, 6.07) is 8.99. The van der Waals surface area contributed by atoms with Crippen LogP contribution in [-0.4, -0.2) is 30.1 Å². The van der Waals surface area contributed by atoms with Gasteiger partial charge < -0.3 is 10.1 Å². The second kappa shape index (κ2) is 3.84. The summed E-state index contributed by atoms with van der Waals surface area (Å²) >= 11 is 0. The molecule has 2 aromatic heterocycles. The van der Waals surface area contributed by atoms with Gasteiger partial charge in [-0.1, -0.05) is 10.9 Å². The lowest BCUT2D eigenvalue weighted by molar-refractivity contribution is -0.394. The summed E-state index contributed by atoms with van der Waals surface area (Å²) < 4.78 is 0. The standard InChI is InChI=1S/C10H6N6O2/c17-16(18)10-12-14-15(13-10)8-3-4-9-7(6-8)2-1-5-11-9/h1-6H. The van der Waals surface area contributed by atoms with Crippen molar-refractivity contribution in [3.8, 4) is 5.69 Å². The van der Waals surface area contributed by atoms with Gasteiger partial charge in [-0.05, 0) is 29.2 Å². The minimum Gasteiger partial charge on any atom is -0.390 e. The minimum absolute atomic E-state index is 0.527. The normalized spacial score (nSPS) is 10.7. The zero-order valence-corrected chi connectivity index (χ0v) is 8.96. The first-order valence-corrected chi connectivity index (χ1v) is 5.03. The van der Waals surface area contributed by atoms with Gasteiger partial charge in [-0.2, -0.15) is 0 Å². The van der Waals surface area contributed by atoms with E-state index >= 15 is 0 Å². The van der Waals surface area contributed by atoms with Gasteiger partial charge in [0.25, 0.3) is 0 Å². The molecule has 2 heterocycles. The molecule has 0 saturated carbocycles. The molecule has 0 amide bonds. The molecule has 8 heteroatoms. The number of tetrazole rings is 1. The monoisotopic (exact) mass is 242 g/mol. The van der Waals surface area contributed by atoms with Gasteiger partial charge in [0, 0.05) is 11.6 Å². The summed E-state index contributed by atoms with van der Waals surface area (Å²) in [5, 5.41) is 22.0. The molecule has 0 spiro atoms. The molecule has 0 aliphatic heterocycles. The number of nitro groups is 1. The van der Waals surface area contributed by atoms with E-state index in [2.05, 4.69) is 20.4 Å². The van der Waals surface area contributed by atoms with Crippen molar-refractivity contribution in [2.24, 2.45) is 0 Å². The van der Waals surface area contributed by atoms with Gasteiger partial charge in [-0.25, -0.2) is 0 Å². The molecule has 88 valence electrons. The van der Waals surface area contributed by atoms with Crippen molar-refractivity contribution in [3.63, 3.8) is 0 Å². The van der Waals surface area contributed by atoms with Crippen LogP contribution in [0.5, 0.6) is 0 Å². The molecule has 0 fully saturated rings. The van der Waals surface area contributed by atoms with Crippen LogP contribution in [0, 0.1) is 10.1 Å². The Kier molecular flexibility index (Phi) is 2.19. The number of aromatic nitrogens is 5. The van der Waals surface area contributed by atoms with E-state index in [0.717, 1.165) is 15.7 Å². The SMILES string of the molecule is O=[N+]([O-])c1nnn(-c2ccc3ncccc3c2)n1. The van der Waals surface area contributed by atoms with Crippen LogP contribution in [0.3, 0.4) is 0 Å². The van der Waals surface area contributed by atoms with E-state index < -0.39 is 10.9 Å². The van der Waals surface area contributed by atoms with Gasteiger partial charge in [0.1, 0.15) is 5.69 Å². The van der Waals surface area contributed by atoms with Gasteiger partial charge in [-0.15, -0.1) is 0 Å². The highest BCUT2D eigenvalue weighted by molar-refractivity contribution is 5.80. The van der Waals surface area contributed by atoms with Crippen LogP contribution >= 0.6 is 0 Å². The first-order chi connectivity index (χ1) is 8.74. The van der Waals surface area contributed by atoms with E-state index in [1.807, 2.05) is 12.1 Å². The quantitative estimate of drug-likeness (QED) is 0.493. The maximum Gasteiger partial charge on any atom is 0.515 e. The first-order valence-electron chi connectivity index (χ1n) is 5.03. The number of benzene rings is 1. The van der Waals surface area contributed by atoms with Gasteiger partial charge in [-0.3, -0.25) is 4.98 Å². The molecule has 3 rings (SSSR count). The number of pyridine rings is 1. The Labute approximate surface area is 100 Å². The second-order valence-corrected chi connectivity index (χ2v) is 3.52. The van der Waals surface area contributed by atoms with Crippen molar-refractivity contribution in [3.05, 3.63) is 46.6 Å². The Morgan fingerprint density at radius 2 is 2.17 bits per heavy atom. The zero-order chi connectivity index (χ0) is 12.5. The highest BCUT2D eigenvalue weighted by Crippen LogP contribution is 2.15. The molecule has 8 nitrogen and oxygen atoms in total. The number of nitrogens with zero attached hydrogens (tertiary/aromatic N) is 6. The molecule has 0 saturated heterocycles. The largest absolute Gasteiger partial charge is 0.515 e. The van der Waals surface area contributed by atoms with Crippen LogP contribution in [-0.2, 0) is 0 Å². The molecule has 1 aromatic carbocycles. The van der Waals surface area contributed by atoms with Crippen LogP contribution in [0.15, 0.2) is 36.5 Å². The summed E-state index contributed by atoms with van der Waals surface area (Å²) in [4.78, 5) is 15.1.